The molecule has 1 heterocycles. The molecule has 3 heteroatoms. The summed E-state index contributed by atoms with van der Waals surface area (Å²) in [5.74, 6) is 0. The summed E-state index contributed by atoms with van der Waals surface area (Å²) in [6.45, 7) is 4.91. The molecule has 2 rings (SSSR count). The summed E-state index contributed by atoms with van der Waals surface area (Å²) in [5, 5.41) is 4.26. The van der Waals surface area contributed by atoms with E-state index >= 15 is 0 Å². The predicted molar refractivity (Wildman–Crippen MR) is 75.7 cm³/mol. The van der Waals surface area contributed by atoms with Crippen LogP contribution < -0.4 is 5.32 Å². The van der Waals surface area contributed by atoms with Gasteiger partial charge in [0.05, 0.1) is 5.69 Å². The second-order valence-corrected chi connectivity index (χ2v) is 4.85. The van der Waals surface area contributed by atoms with Crippen LogP contribution in [0.1, 0.15) is 29.8 Å². The molecule has 0 saturated carbocycles. The van der Waals surface area contributed by atoms with Gasteiger partial charge in [0.2, 0.25) is 0 Å². The number of halogens is 1. The van der Waals surface area contributed by atoms with Gasteiger partial charge in [-0.3, -0.25) is 4.98 Å². The van der Waals surface area contributed by atoms with Crippen LogP contribution in [-0.2, 0) is 6.54 Å². The number of rotatable bonds is 4. The number of pyridine rings is 1. The normalized spacial score (nSPS) is 12.4. The van der Waals surface area contributed by atoms with E-state index in [9.17, 15) is 0 Å². The summed E-state index contributed by atoms with van der Waals surface area (Å²) in [6.07, 6.45) is 1.82. The average molecular weight is 261 g/mol. The fourth-order valence-corrected chi connectivity index (χ4v) is 1.96. The maximum Gasteiger partial charge on any atom is 0.0570 e. The molecule has 94 valence electrons. The van der Waals surface area contributed by atoms with E-state index in [0.29, 0.717) is 0 Å². The van der Waals surface area contributed by atoms with Gasteiger partial charge in [-0.2, -0.15) is 0 Å². The van der Waals surface area contributed by atoms with Gasteiger partial charge in [0, 0.05) is 23.8 Å². The molecule has 0 bridgehead atoms. The molecule has 0 aliphatic rings. The molecule has 18 heavy (non-hydrogen) atoms. The Labute approximate surface area is 113 Å². The Kier molecular flexibility index (Phi) is 4.34. The zero-order valence-corrected chi connectivity index (χ0v) is 11.4. The standard InChI is InChI=1S/C15H17ClN2/c1-11-6-7-13(9-14(11)16)10-18-12(2)15-5-3-4-8-17-15/h3-9,12,18H,10H2,1-2H3. The van der Waals surface area contributed by atoms with Crippen LogP contribution in [0.15, 0.2) is 42.6 Å². The Morgan fingerprint density at radius 1 is 1.28 bits per heavy atom. The average Bonchev–Trinajstić information content (AvgIpc) is 2.41. The van der Waals surface area contributed by atoms with Gasteiger partial charge in [0.1, 0.15) is 0 Å². The smallest absolute Gasteiger partial charge is 0.0570 e. The van der Waals surface area contributed by atoms with Crippen LogP contribution in [-0.4, -0.2) is 4.98 Å². The molecule has 1 N–H and O–H groups in total. The van der Waals surface area contributed by atoms with Crippen molar-refractivity contribution in [2.45, 2.75) is 26.4 Å². The molecule has 1 unspecified atom stereocenters. The minimum absolute atomic E-state index is 0.228. The molecule has 1 aromatic heterocycles. The third-order valence-electron chi connectivity index (χ3n) is 2.98. The second-order valence-electron chi connectivity index (χ2n) is 4.44. The van der Waals surface area contributed by atoms with E-state index in [2.05, 4.69) is 23.3 Å². The highest BCUT2D eigenvalue weighted by molar-refractivity contribution is 6.31. The third-order valence-corrected chi connectivity index (χ3v) is 3.39. The summed E-state index contributed by atoms with van der Waals surface area (Å²) in [7, 11) is 0. The molecule has 0 fully saturated rings. The van der Waals surface area contributed by atoms with E-state index in [1.165, 1.54) is 5.56 Å². The van der Waals surface area contributed by atoms with E-state index in [1.54, 1.807) is 0 Å². The van der Waals surface area contributed by atoms with Crippen LogP contribution in [0, 0.1) is 6.92 Å². The number of hydrogen-bond donors (Lipinski definition) is 1. The van der Waals surface area contributed by atoms with Crippen molar-refractivity contribution in [3.05, 3.63) is 64.4 Å². The first-order valence-corrected chi connectivity index (χ1v) is 6.44. The number of aryl methyl sites for hydroxylation is 1. The first kappa shape index (κ1) is 13.1. The molecule has 0 amide bonds. The highest BCUT2D eigenvalue weighted by atomic mass is 35.5. The van der Waals surface area contributed by atoms with E-state index < -0.39 is 0 Å². The topological polar surface area (TPSA) is 24.9 Å². The summed E-state index contributed by atoms with van der Waals surface area (Å²) in [5.41, 5.74) is 3.35. The maximum atomic E-state index is 6.11. The van der Waals surface area contributed by atoms with Crippen molar-refractivity contribution < 1.29 is 0 Å². The number of nitrogens with zero attached hydrogens (tertiary/aromatic N) is 1. The van der Waals surface area contributed by atoms with Crippen molar-refractivity contribution in [2.24, 2.45) is 0 Å². The Hall–Kier alpha value is -1.38. The number of aromatic nitrogens is 1. The lowest BCUT2D eigenvalue weighted by atomic mass is 10.1. The van der Waals surface area contributed by atoms with Crippen molar-refractivity contribution in [3.63, 3.8) is 0 Å². The zero-order valence-electron chi connectivity index (χ0n) is 10.7. The number of benzene rings is 1. The van der Waals surface area contributed by atoms with Gasteiger partial charge >= 0.3 is 0 Å². The fourth-order valence-electron chi connectivity index (χ4n) is 1.75. The fraction of sp³-hybridized carbons (Fsp3) is 0.267. The molecule has 0 aliphatic carbocycles. The van der Waals surface area contributed by atoms with Gasteiger partial charge in [-0.05, 0) is 43.2 Å². The SMILES string of the molecule is Cc1ccc(CNC(C)c2ccccn2)cc1Cl. The van der Waals surface area contributed by atoms with Crippen LogP contribution in [0.2, 0.25) is 5.02 Å². The molecular formula is C15H17ClN2. The van der Waals surface area contributed by atoms with Crippen molar-refractivity contribution in [1.82, 2.24) is 10.3 Å². The van der Waals surface area contributed by atoms with E-state index in [4.69, 9.17) is 11.6 Å². The van der Waals surface area contributed by atoms with Crippen LogP contribution in [0.5, 0.6) is 0 Å². The Morgan fingerprint density at radius 2 is 2.11 bits per heavy atom. The summed E-state index contributed by atoms with van der Waals surface area (Å²) >= 11 is 6.11. The van der Waals surface area contributed by atoms with E-state index in [-0.39, 0.29) is 6.04 Å². The first-order valence-electron chi connectivity index (χ1n) is 6.06. The first-order chi connectivity index (χ1) is 8.66. The van der Waals surface area contributed by atoms with Crippen molar-refractivity contribution in [3.8, 4) is 0 Å². The lowest BCUT2D eigenvalue weighted by molar-refractivity contribution is 0.561. The molecule has 1 atom stereocenters. The van der Waals surface area contributed by atoms with E-state index in [0.717, 1.165) is 22.8 Å². The van der Waals surface area contributed by atoms with Crippen LogP contribution >= 0.6 is 11.6 Å². The Morgan fingerprint density at radius 3 is 2.78 bits per heavy atom. The third kappa shape index (κ3) is 3.31. The van der Waals surface area contributed by atoms with Gasteiger partial charge in [0.15, 0.2) is 0 Å². The van der Waals surface area contributed by atoms with Crippen LogP contribution in [0.25, 0.3) is 0 Å². The lowest BCUT2D eigenvalue weighted by Gasteiger charge is -2.13. The van der Waals surface area contributed by atoms with Crippen LogP contribution in [0.4, 0.5) is 0 Å². The van der Waals surface area contributed by atoms with Gasteiger partial charge < -0.3 is 5.32 Å². The number of hydrogen-bond acceptors (Lipinski definition) is 2. The lowest BCUT2D eigenvalue weighted by Crippen LogP contribution is -2.18. The van der Waals surface area contributed by atoms with Gasteiger partial charge in [-0.15, -0.1) is 0 Å². The Bertz CT molecular complexity index is 511. The minimum Gasteiger partial charge on any atom is -0.305 e. The van der Waals surface area contributed by atoms with Gasteiger partial charge in [0.25, 0.3) is 0 Å². The molecule has 0 saturated heterocycles. The molecule has 0 radical (unpaired) electrons. The molecule has 2 nitrogen and oxygen atoms in total. The van der Waals surface area contributed by atoms with Gasteiger partial charge in [-0.25, -0.2) is 0 Å². The zero-order chi connectivity index (χ0) is 13.0. The predicted octanol–water partition coefficient (Wildman–Crippen LogP) is 3.89. The quantitative estimate of drug-likeness (QED) is 0.902. The van der Waals surface area contributed by atoms with Crippen LogP contribution in [0.3, 0.4) is 0 Å². The Balaban J connectivity index is 1.97. The van der Waals surface area contributed by atoms with Crippen molar-refractivity contribution in [2.75, 3.05) is 0 Å². The maximum absolute atomic E-state index is 6.11. The summed E-state index contributed by atoms with van der Waals surface area (Å²) in [4.78, 5) is 4.33. The summed E-state index contributed by atoms with van der Waals surface area (Å²) < 4.78 is 0. The molecule has 0 spiro atoms. The highest BCUT2D eigenvalue weighted by Crippen LogP contribution is 2.17. The van der Waals surface area contributed by atoms with Crippen molar-refractivity contribution in [1.29, 1.82) is 0 Å². The molecular weight excluding hydrogens is 244 g/mol. The van der Waals surface area contributed by atoms with Crippen molar-refractivity contribution >= 4 is 11.6 Å². The second kappa shape index (κ2) is 5.98. The monoisotopic (exact) mass is 260 g/mol. The highest BCUT2D eigenvalue weighted by Gasteiger charge is 2.05. The number of nitrogens with one attached hydrogen (secondary N) is 1. The largest absolute Gasteiger partial charge is 0.305 e. The van der Waals surface area contributed by atoms with E-state index in [1.807, 2.05) is 43.5 Å². The molecule has 2 aromatic rings. The summed E-state index contributed by atoms with van der Waals surface area (Å²) in [6, 6.07) is 12.3. The van der Waals surface area contributed by atoms with Gasteiger partial charge in [-0.1, -0.05) is 29.8 Å². The minimum atomic E-state index is 0.228. The molecule has 1 aromatic carbocycles. The molecule has 0 aliphatic heterocycles.